The Morgan fingerprint density at radius 3 is 2.68 bits per heavy atom. The Morgan fingerprint density at radius 2 is 1.96 bits per heavy atom. The summed E-state index contributed by atoms with van der Waals surface area (Å²) in [4.78, 5) is 19.2. The van der Waals surface area contributed by atoms with Crippen molar-refractivity contribution in [1.82, 2.24) is 14.5 Å². The Bertz CT molecular complexity index is 1190. The van der Waals surface area contributed by atoms with Crippen LogP contribution in [0.3, 0.4) is 0 Å². The topological polar surface area (TPSA) is 83.7 Å². The van der Waals surface area contributed by atoms with Crippen molar-refractivity contribution < 1.29 is 4.74 Å². The van der Waals surface area contributed by atoms with Crippen LogP contribution in [0.5, 0.6) is 11.5 Å². The van der Waals surface area contributed by atoms with Crippen LogP contribution in [-0.4, -0.2) is 14.5 Å². The number of nitrogens with zero attached hydrogens (tertiary/aromatic N) is 3. The summed E-state index contributed by atoms with van der Waals surface area (Å²) in [5.74, 6) is 1.91. The number of nitrogens with one attached hydrogen (secondary N) is 1. The fraction of sp³-hybridized carbons (Fsp3) is 0.0455. The van der Waals surface area contributed by atoms with Crippen molar-refractivity contribution in [1.29, 1.82) is 5.26 Å². The number of H-pyrrole nitrogens is 1. The summed E-state index contributed by atoms with van der Waals surface area (Å²) < 4.78 is 7.49. The molecule has 2 aromatic carbocycles. The number of pyridine rings is 1. The summed E-state index contributed by atoms with van der Waals surface area (Å²) in [6.45, 7) is 0. The smallest absolute Gasteiger partial charge is 0.255 e. The number of ether oxygens (including phenoxy) is 1. The van der Waals surface area contributed by atoms with E-state index in [0.29, 0.717) is 23.5 Å². The molecule has 0 radical (unpaired) electrons. The van der Waals surface area contributed by atoms with E-state index in [0.717, 1.165) is 17.1 Å². The lowest BCUT2D eigenvalue weighted by Crippen LogP contribution is -2.15. The summed E-state index contributed by atoms with van der Waals surface area (Å²) in [7, 11) is 0. The van der Waals surface area contributed by atoms with Gasteiger partial charge in [0.05, 0.1) is 5.56 Å². The molecule has 0 saturated carbocycles. The molecule has 2 heterocycles. The van der Waals surface area contributed by atoms with Crippen LogP contribution in [0.25, 0.3) is 5.69 Å². The molecule has 136 valence electrons. The molecule has 0 saturated heterocycles. The van der Waals surface area contributed by atoms with Gasteiger partial charge in [0.25, 0.3) is 5.56 Å². The first kappa shape index (κ1) is 17.3. The zero-order valence-corrected chi connectivity index (χ0v) is 14.9. The van der Waals surface area contributed by atoms with Crippen LogP contribution < -0.4 is 10.3 Å². The highest BCUT2D eigenvalue weighted by Gasteiger charge is 2.08. The molecule has 0 atom stereocenters. The number of aromatic nitrogens is 3. The molecule has 2 aromatic heterocycles. The minimum absolute atomic E-state index is 0.103. The van der Waals surface area contributed by atoms with E-state index in [2.05, 4.69) is 16.0 Å². The van der Waals surface area contributed by atoms with Crippen LogP contribution in [0, 0.1) is 11.3 Å². The van der Waals surface area contributed by atoms with Crippen LogP contribution in [-0.2, 0) is 6.42 Å². The Kier molecular flexibility index (Phi) is 4.72. The minimum Gasteiger partial charge on any atom is -0.456 e. The van der Waals surface area contributed by atoms with Crippen molar-refractivity contribution in [3.63, 3.8) is 0 Å². The normalized spacial score (nSPS) is 10.4. The summed E-state index contributed by atoms with van der Waals surface area (Å²) in [5.41, 5.74) is 2.07. The number of imidazole rings is 1. The average molecular weight is 368 g/mol. The molecule has 0 bridgehead atoms. The zero-order valence-electron chi connectivity index (χ0n) is 14.9. The van der Waals surface area contributed by atoms with Crippen molar-refractivity contribution in [3.05, 3.63) is 107 Å². The average Bonchev–Trinajstić information content (AvgIpc) is 3.22. The number of nitriles is 1. The molecule has 0 fully saturated rings. The number of rotatable bonds is 5. The molecule has 1 N–H and O–H groups in total. The molecular weight excluding hydrogens is 352 g/mol. The lowest BCUT2D eigenvalue weighted by atomic mass is 10.1. The standard InChI is InChI=1S/C22H16N4O2/c23-15-17-5-4-16(14-21-24-10-11-25-21)13-20(17)28-19-8-6-18(7-9-19)26-12-2-1-3-22(26)27/h1-13H,14H2,(H,24,25). The molecule has 0 unspecified atom stereocenters. The Balaban J connectivity index is 1.59. The fourth-order valence-electron chi connectivity index (χ4n) is 2.88. The predicted octanol–water partition coefficient (Wildman–Crippen LogP) is 3.82. The molecule has 0 aliphatic carbocycles. The van der Waals surface area contributed by atoms with Gasteiger partial charge in [-0.15, -0.1) is 0 Å². The van der Waals surface area contributed by atoms with Gasteiger partial charge in [-0.05, 0) is 48.0 Å². The second kappa shape index (κ2) is 7.64. The van der Waals surface area contributed by atoms with Gasteiger partial charge < -0.3 is 9.72 Å². The first-order valence-corrected chi connectivity index (χ1v) is 8.70. The molecule has 0 aliphatic heterocycles. The number of benzene rings is 2. The van der Waals surface area contributed by atoms with E-state index in [9.17, 15) is 10.1 Å². The first-order valence-electron chi connectivity index (χ1n) is 8.70. The molecule has 0 spiro atoms. The molecule has 4 rings (SSSR count). The van der Waals surface area contributed by atoms with Crippen LogP contribution in [0.4, 0.5) is 0 Å². The molecule has 0 amide bonds. The SMILES string of the molecule is N#Cc1ccc(Cc2ncc[nH]2)cc1Oc1ccc(-n2ccccc2=O)cc1. The monoisotopic (exact) mass is 368 g/mol. The third-order valence-corrected chi connectivity index (χ3v) is 4.26. The maximum atomic E-state index is 11.9. The van der Waals surface area contributed by atoms with E-state index in [-0.39, 0.29) is 5.56 Å². The van der Waals surface area contributed by atoms with E-state index in [1.807, 2.05) is 12.1 Å². The second-order valence-corrected chi connectivity index (χ2v) is 6.16. The van der Waals surface area contributed by atoms with Crippen LogP contribution in [0.15, 0.2) is 84.0 Å². The summed E-state index contributed by atoms with van der Waals surface area (Å²) >= 11 is 0. The Labute approximate surface area is 161 Å². The van der Waals surface area contributed by atoms with Crippen LogP contribution >= 0.6 is 0 Å². The van der Waals surface area contributed by atoms with Gasteiger partial charge in [-0.3, -0.25) is 9.36 Å². The third-order valence-electron chi connectivity index (χ3n) is 4.26. The van der Waals surface area contributed by atoms with Crippen LogP contribution in [0.2, 0.25) is 0 Å². The van der Waals surface area contributed by atoms with Gasteiger partial charge in [-0.1, -0.05) is 12.1 Å². The molecule has 6 nitrogen and oxygen atoms in total. The lowest BCUT2D eigenvalue weighted by Gasteiger charge is -2.11. The van der Waals surface area contributed by atoms with Crippen molar-refractivity contribution in [3.8, 4) is 23.3 Å². The van der Waals surface area contributed by atoms with Gasteiger partial charge >= 0.3 is 0 Å². The molecule has 4 aromatic rings. The van der Waals surface area contributed by atoms with E-state index in [4.69, 9.17) is 4.74 Å². The van der Waals surface area contributed by atoms with Gasteiger partial charge in [0, 0.05) is 36.8 Å². The fourth-order valence-corrected chi connectivity index (χ4v) is 2.88. The summed E-state index contributed by atoms with van der Waals surface area (Å²) in [6, 6.07) is 19.8. The summed E-state index contributed by atoms with van der Waals surface area (Å²) in [6.07, 6.45) is 5.81. The highest BCUT2D eigenvalue weighted by molar-refractivity contribution is 5.48. The highest BCUT2D eigenvalue weighted by Crippen LogP contribution is 2.27. The molecule has 6 heteroatoms. The molecular formula is C22H16N4O2. The third kappa shape index (κ3) is 3.69. The van der Waals surface area contributed by atoms with Crippen LogP contribution in [0.1, 0.15) is 17.0 Å². The Morgan fingerprint density at radius 1 is 1.11 bits per heavy atom. The van der Waals surface area contributed by atoms with Crippen molar-refractivity contribution in [2.45, 2.75) is 6.42 Å². The van der Waals surface area contributed by atoms with E-state index >= 15 is 0 Å². The highest BCUT2D eigenvalue weighted by atomic mass is 16.5. The van der Waals surface area contributed by atoms with Crippen molar-refractivity contribution in [2.24, 2.45) is 0 Å². The molecule has 0 aliphatic rings. The van der Waals surface area contributed by atoms with Gasteiger partial charge in [0.15, 0.2) is 0 Å². The quantitative estimate of drug-likeness (QED) is 0.580. The predicted molar refractivity (Wildman–Crippen MR) is 105 cm³/mol. The van der Waals surface area contributed by atoms with E-state index in [1.54, 1.807) is 65.6 Å². The van der Waals surface area contributed by atoms with Gasteiger partial charge in [0.1, 0.15) is 23.4 Å². The number of aromatic amines is 1. The number of hydrogen-bond acceptors (Lipinski definition) is 4. The summed E-state index contributed by atoms with van der Waals surface area (Å²) in [5, 5.41) is 9.38. The molecule has 28 heavy (non-hydrogen) atoms. The van der Waals surface area contributed by atoms with Gasteiger partial charge in [0.2, 0.25) is 0 Å². The van der Waals surface area contributed by atoms with Gasteiger partial charge in [-0.25, -0.2) is 4.98 Å². The van der Waals surface area contributed by atoms with Crippen molar-refractivity contribution >= 4 is 0 Å². The van der Waals surface area contributed by atoms with Crippen molar-refractivity contribution in [2.75, 3.05) is 0 Å². The maximum Gasteiger partial charge on any atom is 0.255 e. The van der Waals surface area contributed by atoms with E-state index in [1.165, 1.54) is 6.07 Å². The zero-order chi connectivity index (χ0) is 19.3. The first-order chi connectivity index (χ1) is 13.7. The Hall–Kier alpha value is -4.11. The largest absolute Gasteiger partial charge is 0.456 e. The second-order valence-electron chi connectivity index (χ2n) is 6.16. The maximum absolute atomic E-state index is 11.9. The van der Waals surface area contributed by atoms with Gasteiger partial charge in [-0.2, -0.15) is 5.26 Å². The lowest BCUT2D eigenvalue weighted by molar-refractivity contribution is 0.480. The number of hydrogen-bond donors (Lipinski definition) is 1. The minimum atomic E-state index is -0.103. The van der Waals surface area contributed by atoms with E-state index < -0.39 is 0 Å².